The minimum Gasteiger partial charge on any atom is -0.449 e. The number of aryl methyl sites for hydroxylation is 1. The van der Waals surface area contributed by atoms with Crippen LogP contribution in [0.3, 0.4) is 0 Å². The van der Waals surface area contributed by atoms with Crippen LogP contribution in [0.1, 0.15) is 36.9 Å². The zero-order valence-corrected chi connectivity index (χ0v) is 8.21. The fourth-order valence-electron chi connectivity index (χ4n) is 1.92. The molecule has 0 aliphatic heterocycles. The van der Waals surface area contributed by atoms with E-state index in [9.17, 15) is 0 Å². The lowest BCUT2D eigenvalue weighted by molar-refractivity contribution is 0.236. The van der Waals surface area contributed by atoms with Gasteiger partial charge in [-0.2, -0.15) is 0 Å². The van der Waals surface area contributed by atoms with E-state index in [1.54, 1.807) is 6.26 Å². The molecule has 1 atom stereocenters. The lowest BCUT2D eigenvalue weighted by Gasteiger charge is -2.32. The molecule has 0 radical (unpaired) electrons. The first-order chi connectivity index (χ1) is 6.31. The topological polar surface area (TPSA) is 38.1 Å². The molecule has 1 N–H and O–H groups in total. The zero-order chi connectivity index (χ0) is 9.26. The monoisotopic (exact) mass is 180 g/mol. The van der Waals surface area contributed by atoms with Gasteiger partial charge in [0.25, 0.3) is 0 Å². The number of hydrogen-bond acceptors (Lipinski definition) is 3. The lowest BCUT2D eigenvalue weighted by atomic mass is 9.79. The molecule has 72 valence electrons. The summed E-state index contributed by atoms with van der Waals surface area (Å²) >= 11 is 0. The van der Waals surface area contributed by atoms with E-state index < -0.39 is 0 Å². The van der Waals surface area contributed by atoms with E-state index in [1.165, 1.54) is 19.3 Å². The molecule has 1 saturated carbocycles. The fourth-order valence-corrected chi connectivity index (χ4v) is 1.92. The van der Waals surface area contributed by atoms with Crippen molar-refractivity contribution in [3.63, 3.8) is 0 Å². The van der Waals surface area contributed by atoms with Crippen LogP contribution in [0, 0.1) is 12.8 Å². The molecule has 2 rings (SSSR count). The lowest BCUT2D eigenvalue weighted by Crippen LogP contribution is -2.29. The highest BCUT2D eigenvalue weighted by molar-refractivity contribution is 5.05. The SMILES string of the molecule is CNC(c1coc(C)n1)C1CCC1. The number of aromatic nitrogens is 1. The molecule has 3 nitrogen and oxygen atoms in total. The Labute approximate surface area is 78.5 Å². The molecular weight excluding hydrogens is 164 g/mol. The molecule has 13 heavy (non-hydrogen) atoms. The smallest absolute Gasteiger partial charge is 0.191 e. The van der Waals surface area contributed by atoms with Crippen molar-refractivity contribution in [3.05, 3.63) is 17.8 Å². The molecule has 1 aromatic rings. The van der Waals surface area contributed by atoms with Crippen LogP contribution >= 0.6 is 0 Å². The third kappa shape index (κ3) is 1.61. The van der Waals surface area contributed by atoms with Crippen LogP contribution in [0.25, 0.3) is 0 Å². The van der Waals surface area contributed by atoms with Crippen LogP contribution in [0.15, 0.2) is 10.7 Å². The maximum Gasteiger partial charge on any atom is 0.191 e. The Bertz CT molecular complexity index is 278. The van der Waals surface area contributed by atoms with Crippen molar-refractivity contribution in [3.8, 4) is 0 Å². The van der Waals surface area contributed by atoms with Crippen molar-refractivity contribution in [1.29, 1.82) is 0 Å². The summed E-state index contributed by atoms with van der Waals surface area (Å²) in [4.78, 5) is 4.36. The quantitative estimate of drug-likeness (QED) is 0.773. The van der Waals surface area contributed by atoms with Crippen LogP contribution in [0.4, 0.5) is 0 Å². The van der Waals surface area contributed by atoms with Gasteiger partial charge in [0.15, 0.2) is 5.89 Å². The standard InChI is InChI=1S/C10H16N2O/c1-7-12-9(6-13-7)10(11-2)8-4-3-5-8/h6,8,10-11H,3-5H2,1-2H3. The Morgan fingerprint density at radius 3 is 2.77 bits per heavy atom. The van der Waals surface area contributed by atoms with Crippen LogP contribution in [0.2, 0.25) is 0 Å². The summed E-state index contributed by atoms with van der Waals surface area (Å²) in [7, 11) is 1.99. The maximum atomic E-state index is 5.21. The van der Waals surface area contributed by atoms with Crippen molar-refractivity contribution < 1.29 is 4.42 Å². The van der Waals surface area contributed by atoms with Gasteiger partial charge in [0.1, 0.15) is 6.26 Å². The summed E-state index contributed by atoms with van der Waals surface area (Å²) in [5.41, 5.74) is 1.06. The van der Waals surface area contributed by atoms with E-state index >= 15 is 0 Å². The third-order valence-electron chi connectivity index (χ3n) is 2.89. The molecule has 1 aromatic heterocycles. The van der Waals surface area contributed by atoms with Gasteiger partial charge in [-0.15, -0.1) is 0 Å². The van der Waals surface area contributed by atoms with E-state index in [0.29, 0.717) is 6.04 Å². The van der Waals surface area contributed by atoms with Gasteiger partial charge in [0.05, 0.1) is 11.7 Å². The van der Waals surface area contributed by atoms with E-state index in [1.807, 2.05) is 14.0 Å². The van der Waals surface area contributed by atoms with Crippen LogP contribution in [-0.4, -0.2) is 12.0 Å². The molecule has 0 spiro atoms. The maximum absolute atomic E-state index is 5.21. The normalized spacial score (nSPS) is 19.8. The van der Waals surface area contributed by atoms with Gasteiger partial charge in [-0.3, -0.25) is 0 Å². The summed E-state index contributed by atoms with van der Waals surface area (Å²) in [6.45, 7) is 1.89. The summed E-state index contributed by atoms with van der Waals surface area (Å²) in [6.07, 6.45) is 5.77. The molecule has 1 fully saturated rings. The predicted octanol–water partition coefficient (Wildman–Crippen LogP) is 2.04. The first-order valence-electron chi connectivity index (χ1n) is 4.90. The third-order valence-corrected chi connectivity index (χ3v) is 2.89. The molecule has 1 heterocycles. The molecule has 1 aliphatic rings. The first kappa shape index (κ1) is 8.75. The molecular formula is C10H16N2O. The van der Waals surface area contributed by atoms with Gasteiger partial charge in [-0.1, -0.05) is 6.42 Å². The Kier molecular flexibility index (Phi) is 2.36. The number of oxazole rings is 1. The minimum absolute atomic E-state index is 0.395. The van der Waals surface area contributed by atoms with Crippen LogP contribution in [-0.2, 0) is 0 Å². The van der Waals surface area contributed by atoms with Gasteiger partial charge in [0, 0.05) is 6.92 Å². The largest absolute Gasteiger partial charge is 0.449 e. The predicted molar refractivity (Wildman–Crippen MR) is 50.4 cm³/mol. The Morgan fingerprint density at radius 2 is 2.38 bits per heavy atom. The molecule has 3 heteroatoms. The van der Waals surface area contributed by atoms with E-state index in [0.717, 1.165) is 17.5 Å². The number of rotatable bonds is 3. The molecule has 1 aliphatic carbocycles. The summed E-state index contributed by atoms with van der Waals surface area (Å²) in [6, 6.07) is 0.395. The van der Waals surface area contributed by atoms with E-state index in [4.69, 9.17) is 4.42 Å². The highest BCUT2D eigenvalue weighted by atomic mass is 16.3. The Morgan fingerprint density at radius 1 is 1.62 bits per heavy atom. The van der Waals surface area contributed by atoms with Crippen molar-refractivity contribution >= 4 is 0 Å². The summed E-state index contributed by atoms with van der Waals surface area (Å²) < 4.78 is 5.21. The average Bonchev–Trinajstić information content (AvgIpc) is 2.43. The second kappa shape index (κ2) is 3.50. The second-order valence-electron chi connectivity index (χ2n) is 3.75. The Hall–Kier alpha value is -0.830. The van der Waals surface area contributed by atoms with Gasteiger partial charge in [0.2, 0.25) is 0 Å². The molecule has 1 unspecified atom stereocenters. The van der Waals surface area contributed by atoms with Crippen LogP contribution < -0.4 is 5.32 Å². The van der Waals surface area contributed by atoms with E-state index in [-0.39, 0.29) is 0 Å². The molecule has 0 saturated heterocycles. The number of nitrogens with one attached hydrogen (secondary N) is 1. The number of nitrogens with zero attached hydrogens (tertiary/aromatic N) is 1. The summed E-state index contributed by atoms with van der Waals surface area (Å²) in [5.74, 6) is 1.52. The zero-order valence-electron chi connectivity index (χ0n) is 8.21. The number of hydrogen-bond donors (Lipinski definition) is 1. The van der Waals surface area contributed by atoms with Crippen molar-refractivity contribution in [2.24, 2.45) is 5.92 Å². The van der Waals surface area contributed by atoms with Gasteiger partial charge in [-0.25, -0.2) is 4.98 Å². The highest BCUT2D eigenvalue weighted by Crippen LogP contribution is 2.36. The van der Waals surface area contributed by atoms with Gasteiger partial charge in [-0.05, 0) is 25.8 Å². The van der Waals surface area contributed by atoms with E-state index in [2.05, 4.69) is 10.3 Å². The Balaban J connectivity index is 2.11. The minimum atomic E-state index is 0.395. The van der Waals surface area contributed by atoms with Gasteiger partial charge < -0.3 is 9.73 Å². The van der Waals surface area contributed by atoms with Gasteiger partial charge >= 0.3 is 0 Å². The summed E-state index contributed by atoms with van der Waals surface area (Å²) in [5, 5.41) is 3.31. The molecule has 0 bridgehead atoms. The van der Waals surface area contributed by atoms with Crippen molar-refractivity contribution in [1.82, 2.24) is 10.3 Å². The first-order valence-corrected chi connectivity index (χ1v) is 4.90. The molecule has 0 amide bonds. The molecule has 0 aromatic carbocycles. The second-order valence-corrected chi connectivity index (χ2v) is 3.75. The van der Waals surface area contributed by atoms with Crippen LogP contribution in [0.5, 0.6) is 0 Å². The average molecular weight is 180 g/mol. The fraction of sp³-hybridized carbons (Fsp3) is 0.700. The van der Waals surface area contributed by atoms with Crippen molar-refractivity contribution in [2.45, 2.75) is 32.2 Å². The van der Waals surface area contributed by atoms with Crippen molar-refractivity contribution in [2.75, 3.05) is 7.05 Å². The highest BCUT2D eigenvalue weighted by Gasteiger charge is 2.29.